The van der Waals surface area contributed by atoms with Gasteiger partial charge in [-0.3, -0.25) is 4.79 Å². The van der Waals surface area contributed by atoms with Gasteiger partial charge in [0.15, 0.2) is 0 Å². The van der Waals surface area contributed by atoms with Crippen LogP contribution in [0.1, 0.15) is 32.8 Å². The zero-order chi connectivity index (χ0) is 19.2. The zero-order valence-corrected chi connectivity index (χ0v) is 17.6. The maximum absolute atomic E-state index is 12.9. The molecule has 2 heterocycles. The van der Waals surface area contributed by atoms with Crippen LogP contribution in [0.25, 0.3) is 0 Å². The molecule has 0 N–H and O–H groups in total. The highest BCUT2D eigenvalue weighted by Gasteiger charge is 2.29. The lowest BCUT2D eigenvalue weighted by atomic mass is 9.97. The minimum atomic E-state index is -3.71. The molecule has 26 heavy (non-hydrogen) atoms. The predicted octanol–water partition coefficient (Wildman–Crippen LogP) is 3.11. The summed E-state index contributed by atoms with van der Waals surface area (Å²) < 4.78 is 31.9. The standard InChI is InChI=1S/C18H21BrN2O4S/c1-11-7-13-5-6-21(10-14(13)8-16(11)19)18(22)15-9-17(25-12(15)2)26(23,24)20(3)4/h7-9H,5-6,10H2,1-4H3. The normalized spacial score (nSPS) is 14.6. The maximum atomic E-state index is 12.9. The first-order valence-electron chi connectivity index (χ1n) is 8.21. The van der Waals surface area contributed by atoms with E-state index in [1.54, 1.807) is 11.8 Å². The fourth-order valence-corrected chi connectivity index (χ4v) is 4.27. The maximum Gasteiger partial charge on any atom is 0.275 e. The van der Waals surface area contributed by atoms with Crippen LogP contribution in [-0.2, 0) is 23.0 Å². The number of furan rings is 1. The Morgan fingerprint density at radius 1 is 1.19 bits per heavy atom. The van der Waals surface area contributed by atoms with Crippen LogP contribution in [0.5, 0.6) is 0 Å². The number of carbonyl (C=O) groups is 1. The number of hydrogen-bond donors (Lipinski definition) is 0. The number of halogens is 1. The Hall–Kier alpha value is -1.64. The van der Waals surface area contributed by atoms with Crippen LogP contribution in [0, 0.1) is 13.8 Å². The molecule has 0 radical (unpaired) electrons. The van der Waals surface area contributed by atoms with Crippen molar-refractivity contribution in [1.82, 2.24) is 9.21 Å². The van der Waals surface area contributed by atoms with Gasteiger partial charge in [0.05, 0.1) is 5.56 Å². The van der Waals surface area contributed by atoms with Crippen molar-refractivity contribution < 1.29 is 17.6 Å². The summed E-state index contributed by atoms with van der Waals surface area (Å²) in [4.78, 5) is 14.7. The van der Waals surface area contributed by atoms with Crippen molar-refractivity contribution in [1.29, 1.82) is 0 Å². The van der Waals surface area contributed by atoms with E-state index in [0.717, 1.165) is 20.8 Å². The summed E-state index contributed by atoms with van der Waals surface area (Å²) >= 11 is 3.54. The van der Waals surface area contributed by atoms with Crippen molar-refractivity contribution in [3.63, 3.8) is 0 Å². The van der Waals surface area contributed by atoms with Gasteiger partial charge in [-0.25, -0.2) is 12.7 Å². The fourth-order valence-electron chi connectivity index (χ4n) is 3.02. The summed E-state index contributed by atoms with van der Waals surface area (Å²) in [5.41, 5.74) is 3.81. The number of carbonyl (C=O) groups excluding carboxylic acids is 1. The highest BCUT2D eigenvalue weighted by atomic mass is 79.9. The van der Waals surface area contributed by atoms with E-state index in [1.807, 2.05) is 13.0 Å². The monoisotopic (exact) mass is 440 g/mol. The Bertz CT molecular complexity index is 979. The Labute approximate surface area is 162 Å². The summed E-state index contributed by atoms with van der Waals surface area (Å²) in [6.07, 6.45) is 0.773. The molecule has 1 aliphatic heterocycles. The second-order valence-electron chi connectivity index (χ2n) is 6.67. The lowest BCUT2D eigenvalue weighted by Crippen LogP contribution is -2.36. The van der Waals surface area contributed by atoms with E-state index in [-0.39, 0.29) is 11.0 Å². The molecule has 3 rings (SSSR count). The van der Waals surface area contributed by atoms with Crippen LogP contribution in [0.2, 0.25) is 0 Å². The lowest BCUT2D eigenvalue weighted by molar-refractivity contribution is 0.0733. The summed E-state index contributed by atoms with van der Waals surface area (Å²) in [5.74, 6) is 0.0973. The van der Waals surface area contributed by atoms with Gasteiger partial charge in [-0.2, -0.15) is 0 Å². The zero-order valence-electron chi connectivity index (χ0n) is 15.2. The highest BCUT2D eigenvalue weighted by molar-refractivity contribution is 9.10. The second-order valence-corrected chi connectivity index (χ2v) is 9.61. The summed E-state index contributed by atoms with van der Waals surface area (Å²) in [5, 5.41) is -0.209. The van der Waals surface area contributed by atoms with E-state index >= 15 is 0 Å². The van der Waals surface area contributed by atoms with Crippen LogP contribution in [-0.4, -0.2) is 44.2 Å². The molecular weight excluding hydrogens is 420 g/mol. The van der Waals surface area contributed by atoms with Gasteiger partial charge >= 0.3 is 0 Å². The van der Waals surface area contributed by atoms with Crippen molar-refractivity contribution in [3.05, 3.63) is 50.7 Å². The summed E-state index contributed by atoms with van der Waals surface area (Å²) in [6.45, 7) is 4.74. The molecule has 6 nitrogen and oxygen atoms in total. The van der Waals surface area contributed by atoms with Crippen LogP contribution in [0.15, 0.2) is 32.2 Å². The molecule has 1 amide bonds. The minimum Gasteiger partial charge on any atom is -0.448 e. The molecule has 1 aromatic heterocycles. The van der Waals surface area contributed by atoms with E-state index in [2.05, 4.69) is 22.0 Å². The van der Waals surface area contributed by atoms with E-state index in [1.165, 1.54) is 31.3 Å². The average Bonchev–Trinajstić information content (AvgIpc) is 2.97. The van der Waals surface area contributed by atoms with Gasteiger partial charge in [-0.05, 0) is 43.0 Å². The first-order valence-corrected chi connectivity index (χ1v) is 10.4. The lowest BCUT2D eigenvalue weighted by Gasteiger charge is -2.29. The third-order valence-corrected chi connectivity index (χ3v) is 7.17. The molecule has 0 bridgehead atoms. The summed E-state index contributed by atoms with van der Waals surface area (Å²) in [6, 6.07) is 5.52. The molecule has 0 unspecified atom stereocenters. The first kappa shape index (κ1) is 19.1. The smallest absolute Gasteiger partial charge is 0.275 e. The molecule has 1 aliphatic rings. The average molecular weight is 441 g/mol. The number of aryl methyl sites for hydroxylation is 2. The molecule has 0 aliphatic carbocycles. The fraction of sp³-hybridized carbons (Fsp3) is 0.389. The molecular formula is C18H21BrN2O4S. The van der Waals surface area contributed by atoms with Crippen molar-refractivity contribution >= 4 is 31.9 Å². The molecule has 0 saturated heterocycles. The predicted molar refractivity (Wildman–Crippen MR) is 102 cm³/mol. The van der Waals surface area contributed by atoms with Crippen LogP contribution in [0.3, 0.4) is 0 Å². The van der Waals surface area contributed by atoms with Crippen LogP contribution in [0.4, 0.5) is 0 Å². The largest absolute Gasteiger partial charge is 0.448 e. The minimum absolute atomic E-state index is 0.209. The number of fused-ring (bicyclic) bond motifs is 1. The van der Waals surface area contributed by atoms with E-state index < -0.39 is 10.0 Å². The Morgan fingerprint density at radius 3 is 2.54 bits per heavy atom. The van der Waals surface area contributed by atoms with Crippen molar-refractivity contribution in [2.24, 2.45) is 0 Å². The van der Waals surface area contributed by atoms with Crippen molar-refractivity contribution in [2.45, 2.75) is 31.9 Å². The molecule has 140 valence electrons. The molecule has 0 saturated carbocycles. The summed E-state index contributed by atoms with van der Waals surface area (Å²) in [7, 11) is -0.859. The molecule has 1 aromatic carbocycles. The van der Waals surface area contributed by atoms with E-state index in [9.17, 15) is 13.2 Å². The van der Waals surface area contributed by atoms with Crippen molar-refractivity contribution in [2.75, 3.05) is 20.6 Å². The molecule has 0 atom stereocenters. The molecule has 2 aromatic rings. The first-order chi connectivity index (χ1) is 12.1. The molecule has 0 fully saturated rings. The van der Waals surface area contributed by atoms with Gasteiger partial charge < -0.3 is 9.32 Å². The number of amides is 1. The number of sulfonamides is 1. The van der Waals surface area contributed by atoms with Gasteiger partial charge in [0.2, 0.25) is 5.09 Å². The Morgan fingerprint density at radius 2 is 1.88 bits per heavy atom. The third-order valence-electron chi connectivity index (χ3n) is 4.64. The number of hydrogen-bond acceptors (Lipinski definition) is 4. The van der Waals surface area contributed by atoms with Gasteiger partial charge in [-0.15, -0.1) is 0 Å². The Balaban J connectivity index is 1.89. The number of rotatable bonds is 3. The SMILES string of the molecule is Cc1cc2c(cc1Br)CN(C(=O)c1cc(S(=O)(=O)N(C)C)oc1C)CC2. The van der Waals surface area contributed by atoms with Crippen LogP contribution < -0.4 is 0 Å². The van der Waals surface area contributed by atoms with E-state index in [0.29, 0.717) is 24.4 Å². The molecule has 0 spiro atoms. The molecule has 8 heteroatoms. The van der Waals surface area contributed by atoms with Crippen molar-refractivity contribution in [3.8, 4) is 0 Å². The van der Waals surface area contributed by atoms with Crippen LogP contribution >= 0.6 is 15.9 Å². The number of nitrogens with zero attached hydrogens (tertiary/aromatic N) is 2. The van der Waals surface area contributed by atoms with Gasteiger partial charge in [0.1, 0.15) is 5.76 Å². The second kappa shape index (κ2) is 6.83. The third kappa shape index (κ3) is 3.33. The van der Waals surface area contributed by atoms with Gasteiger partial charge in [-0.1, -0.05) is 22.0 Å². The highest BCUT2D eigenvalue weighted by Crippen LogP contribution is 2.28. The van der Waals surface area contributed by atoms with E-state index in [4.69, 9.17) is 4.42 Å². The van der Waals surface area contributed by atoms with Gasteiger partial charge in [0.25, 0.3) is 15.9 Å². The Kier molecular flexibility index (Phi) is 5.02. The quantitative estimate of drug-likeness (QED) is 0.734. The van der Waals surface area contributed by atoms with Gasteiger partial charge in [0, 0.05) is 37.7 Å². The number of benzene rings is 1. The topological polar surface area (TPSA) is 70.8 Å².